The molecule has 0 aliphatic heterocycles. The fourth-order valence-electron chi connectivity index (χ4n) is 1.29. The summed E-state index contributed by atoms with van der Waals surface area (Å²) >= 11 is 1.33. The van der Waals surface area contributed by atoms with Crippen LogP contribution >= 0.6 is 11.8 Å². The van der Waals surface area contributed by atoms with E-state index in [-0.39, 0.29) is 18.0 Å². The number of aliphatic hydroxyl groups excluding tert-OH is 1. The summed E-state index contributed by atoms with van der Waals surface area (Å²) in [6, 6.07) is 5.25. The van der Waals surface area contributed by atoms with Gasteiger partial charge in [-0.05, 0) is 38.5 Å². The minimum Gasteiger partial charge on any atom is -0.396 e. The number of thioether (sulfide) groups is 1. The predicted octanol–water partition coefficient (Wildman–Crippen LogP) is 2.80. The summed E-state index contributed by atoms with van der Waals surface area (Å²) < 4.78 is 13.7. The van der Waals surface area contributed by atoms with Crippen molar-refractivity contribution in [1.82, 2.24) is 5.32 Å². The molecular formula is C13H20FNOS. The molecule has 4 heteroatoms. The minimum atomic E-state index is -0.211. The standard InChI is InChI=1S/C13H20FNOS/c1-13(2,3)15-9-10-4-5-12(11(14)8-10)17-7-6-16/h4-5,8,15-16H,6-7,9H2,1-3H3. The second-order valence-corrected chi connectivity index (χ2v) is 6.08. The van der Waals surface area contributed by atoms with E-state index in [9.17, 15) is 4.39 Å². The lowest BCUT2D eigenvalue weighted by Gasteiger charge is -2.20. The zero-order chi connectivity index (χ0) is 12.9. The molecule has 0 saturated carbocycles. The van der Waals surface area contributed by atoms with Crippen molar-refractivity contribution < 1.29 is 9.50 Å². The molecule has 0 spiro atoms. The van der Waals surface area contributed by atoms with Crippen LogP contribution in [0, 0.1) is 5.82 Å². The van der Waals surface area contributed by atoms with Crippen molar-refractivity contribution >= 4 is 11.8 Å². The molecule has 2 nitrogen and oxygen atoms in total. The minimum absolute atomic E-state index is 0.0286. The van der Waals surface area contributed by atoms with Crippen LogP contribution < -0.4 is 5.32 Å². The van der Waals surface area contributed by atoms with E-state index in [1.165, 1.54) is 11.8 Å². The van der Waals surface area contributed by atoms with E-state index in [0.29, 0.717) is 17.2 Å². The fraction of sp³-hybridized carbons (Fsp3) is 0.538. The van der Waals surface area contributed by atoms with Gasteiger partial charge in [-0.25, -0.2) is 4.39 Å². The second kappa shape index (κ2) is 6.38. The highest BCUT2D eigenvalue weighted by molar-refractivity contribution is 7.99. The van der Waals surface area contributed by atoms with Crippen LogP contribution in [0.4, 0.5) is 4.39 Å². The van der Waals surface area contributed by atoms with Gasteiger partial charge in [0.25, 0.3) is 0 Å². The number of hydrogen-bond acceptors (Lipinski definition) is 3. The molecular weight excluding hydrogens is 237 g/mol. The molecule has 96 valence electrons. The van der Waals surface area contributed by atoms with Gasteiger partial charge < -0.3 is 10.4 Å². The zero-order valence-electron chi connectivity index (χ0n) is 10.6. The van der Waals surface area contributed by atoms with E-state index in [0.717, 1.165) is 5.56 Å². The largest absolute Gasteiger partial charge is 0.396 e. The smallest absolute Gasteiger partial charge is 0.137 e. The van der Waals surface area contributed by atoms with Gasteiger partial charge in [-0.1, -0.05) is 6.07 Å². The van der Waals surface area contributed by atoms with Crippen molar-refractivity contribution in [2.75, 3.05) is 12.4 Å². The molecule has 0 amide bonds. The molecule has 1 rings (SSSR count). The number of rotatable bonds is 5. The highest BCUT2D eigenvalue weighted by atomic mass is 32.2. The van der Waals surface area contributed by atoms with E-state index in [1.54, 1.807) is 12.1 Å². The van der Waals surface area contributed by atoms with Crippen molar-refractivity contribution in [2.45, 2.75) is 37.8 Å². The third kappa shape index (κ3) is 5.52. The molecule has 17 heavy (non-hydrogen) atoms. The highest BCUT2D eigenvalue weighted by Gasteiger charge is 2.09. The number of halogens is 1. The van der Waals surface area contributed by atoms with E-state index in [2.05, 4.69) is 26.1 Å². The number of benzene rings is 1. The molecule has 0 atom stereocenters. The summed E-state index contributed by atoms with van der Waals surface area (Å²) in [6.07, 6.45) is 0. The van der Waals surface area contributed by atoms with Gasteiger partial charge in [-0.2, -0.15) is 0 Å². The molecule has 0 fully saturated rings. The predicted molar refractivity (Wildman–Crippen MR) is 70.8 cm³/mol. The van der Waals surface area contributed by atoms with Gasteiger partial charge >= 0.3 is 0 Å². The Morgan fingerprint density at radius 1 is 1.35 bits per heavy atom. The summed E-state index contributed by atoms with van der Waals surface area (Å²) in [4.78, 5) is 0.596. The fourth-order valence-corrected chi connectivity index (χ4v) is 1.97. The molecule has 0 aliphatic carbocycles. The van der Waals surface area contributed by atoms with Crippen LogP contribution in [0.2, 0.25) is 0 Å². The Hall–Kier alpha value is -0.580. The number of hydrogen-bond donors (Lipinski definition) is 2. The van der Waals surface area contributed by atoms with Crippen LogP contribution in [0.3, 0.4) is 0 Å². The van der Waals surface area contributed by atoms with Crippen molar-refractivity contribution in [3.63, 3.8) is 0 Å². The van der Waals surface area contributed by atoms with Crippen LogP contribution in [0.15, 0.2) is 23.1 Å². The average molecular weight is 257 g/mol. The van der Waals surface area contributed by atoms with Crippen LogP contribution in [0.25, 0.3) is 0 Å². The molecule has 0 unspecified atom stereocenters. The normalized spacial score (nSPS) is 11.8. The summed E-state index contributed by atoms with van der Waals surface area (Å²) in [6.45, 7) is 6.96. The Labute approximate surface area is 107 Å². The third-order valence-electron chi connectivity index (χ3n) is 2.17. The first-order valence-corrected chi connectivity index (χ1v) is 6.68. The third-order valence-corrected chi connectivity index (χ3v) is 3.20. The lowest BCUT2D eigenvalue weighted by molar-refractivity contribution is 0.322. The van der Waals surface area contributed by atoms with Gasteiger partial charge in [-0.3, -0.25) is 0 Å². The van der Waals surface area contributed by atoms with Gasteiger partial charge in [0, 0.05) is 22.7 Å². The first kappa shape index (κ1) is 14.5. The van der Waals surface area contributed by atoms with Gasteiger partial charge in [0.05, 0.1) is 6.61 Å². The SMILES string of the molecule is CC(C)(C)NCc1ccc(SCCO)c(F)c1. The molecule has 0 heterocycles. The maximum atomic E-state index is 13.7. The average Bonchev–Trinajstić information content (AvgIpc) is 2.24. The lowest BCUT2D eigenvalue weighted by atomic mass is 10.1. The van der Waals surface area contributed by atoms with Crippen LogP contribution in [0.5, 0.6) is 0 Å². The number of nitrogens with one attached hydrogen (secondary N) is 1. The van der Waals surface area contributed by atoms with Crippen molar-refractivity contribution in [3.8, 4) is 0 Å². The molecule has 2 N–H and O–H groups in total. The molecule has 0 aliphatic rings. The van der Waals surface area contributed by atoms with E-state index < -0.39 is 0 Å². The summed E-state index contributed by atoms with van der Waals surface area (Å²) in [5.74, 6) is 0.313. The Morgan fingerprint density at radius 3 is 2.59 bits per heavy atom. The van der Waals surface area contributed by atoms with Crippen molar-refractivity contribution in [1.29, 1.82) is 0 Å². The molecule has 0 aromatic heterocycles. The van der Waals surface area contributed by atoms with Crippen LogP contribution in [-0.2, 0) is 6.54 Å². The van der Waals surface area contributed by atoms with Gasteiger partial charge in [-0.15, -0.1) is 11.8 Å². The Morgan fingerprint density at radius 2 is 2.06 bits per heavy atom. The Balaban J connectivity index is 2.62. The summed E-state index contributed by atoms with van der Waals surface area (Å²) in [7, 11) is 0. The molecule has 1 aromatic carbocycles. The van der Waals surface area contributed by atoms with E-state index in [4.69, 9.17) is 5.11 Å². The zero-order valence-corrected chi connectivity index (χ0v) is 11.4. The quantitative estimate of drug-likeness (QED) is 0.796. The number of aliphatic hydroxyl groups is 1. The Kier molecular flexibility index (Phi) is 5.43. The topological polar surface area (TPSA) is 32.3 Å². The van der Waals surface area contributed by atoms with Gasteiger partial charge in [0.1, 0.15) is 5.82 Å². The Bertz CT molecular complexity index is 363. The highest BCUT2D eigenvalue weighted by Crippen LogP contribution is 2.22. The van der Waals surface area contributed by atoms with Crippen LogP contribution in [-0.4, -0.2) is 23.0 Å². The second-order valence-electron chi connectivity index (χ2n) is 4.94. The molecule has 0 bridgehead atoms. The monoisotopic (exact) mass is 257 g/mol. The molecule has 0 radical (unpaired) electrons. The van der Waals surface area contributed by atoms with Crippen molar-refractivity contribution in [3.05, 3.63) is 29.6 Å². The maximum absolute atomic E-state index is 13.7. The summed E-state index contributed by atoms with van der Waals surface area (Å²) in [5, 5.41) is 12.0. The first-order chi connectivity index (χ1) is 7.92. The maximum Gasteiger partial charge on any atom is 0.137 e. The van der Waals surface area contributed by atoms with Gasteiger partial charge in [0.15, 0.2) is 0 Å². The summed E-state index contributed by atoms with van der Waals surface area (Å²) in [5.41, 5.74) is 0.964. The van der Waals surface area contributed by atoms with Gasteiger partial charge in [0.2, 0.25) is 0 Å². The first-order valence-electron chi connectivity index (χ1n) is 5.69. The van der Waals surface area contributed by atoms with Crippen molar-refractivity contribution in [2.24, 2.45) is 0 Å². The molecule has 1 aromatic rings. The molecule has 0 saturated heterocycles. The lowest BCUT2D eigenvalue weighted by Crippen LogP contribution is -2.35. The van der Waals surface area contributed by atoms with Crippen LogP contribution in [0.1, 0.15) is 26.3 Å². The van der Waals surface area contributed by atoms with E-state index in [1.807, 2.05) is 6.07 Å². The van der Waals surface area contributed by atoms with E-state index >= 15 is 0 Å².